The van der Waals surface area contributed by atoms with Gasteiger partial charge in [-0.15, -0.1) is 0 Å². The van der Waals surface area contributed by atoms with Crippen molar-refractivity contribution >= 4 is 10.9 Å². The van der Waals surface area contributed by atoms with E-state index in [4.69, 9.17) is 0 Å². The highest BCUT2D eigenvalue weighted by atomic mass is 19.4. The molecule has 2 aromatic heterocycles. The summed E-state index contributed by atoms with van der Waals surface area (Å²) in [5.74, 6) is -1.54. The van der Waals surface area contributed by atoms with Crippen LogP contribution in [0.4, 0.5) is 22.0 Å². The van der Waals surface area contributed by atoms with Crippen molar-refractivity contribution in [3.05, 3.63) is 83.6 Å². The summed E-state index contributed by atoms with van der Waals surface area (Å²) in [5.41, 5.74) is -0.323. The molecule has 8 heteroatoms. The molecule has 0 bridgehead atoms. The number of halogens is 5. The van der Waals surface area contributed by atoms with E-state index >= 15 is 0 Å². The highest BCUT2D eigenvalue weighted by Crippen LogP contribution is 2.37. The van der Waals surface area contributed by atoms with Crippen LogP contribution < -0.4 is 0 Å². The molecule has 4 aromatic rings. The second-order valence-electron chi connectivity index (χ2n) is 6.16. The third-order valence-electron chi connectivity index (χ3n) is 4.32. The SMILES string of the molecule is Fc1ccc(Cn2nc3c(C(F)(F)F)cccc3c2-c2ccccn2)c(F)c1. The lowest BCUT2D eigenvalue weighted by molar-refractivity contribution is -0.136. The smallest absolute Gasteiger partial charge is 0.258 e. The summed E-state index contributed by atoms with van der Waals surface area (Å²) in [6.07, 6.45) is -3.09. The van der Waals surface area contributed by atoms with Gasteiger partial charge in [0.1, 0.15) is 17.2 Å². The van der Waals surface area contributed by atoms with Crippen LogP contribution in [0.3, 0.4) is 0 Å². The maximum atomic E-state index is 14.1. The Morgan fingerprint density at radius 1 is 0.929 bits per heavy atom. The highest BCUT2D eigenvalue weighted by molar-refractivity contribution is 5.94. The molecular formula is C20H12F5N3. The highest BCUT2D eigenvalue weighted by Gasteiger charge is 2.34. The van der Waals surface area contributed by atoms with E-state index in [9.17, 15) is 22.0 Å². The number of hydrogen-bond donors (Lipinski definition) is 0. The lowest BCUT2D eigenvalue weighted by Crippen LogP contribution is -2.08. The minimum Gasteiger partial charge on any atom is -0.258 e. The lowest BCUT2D eigenvalue weighted by atomic mass is 10.1. The molecule has 0 aliphatic carbocycles. The molecule has 0 spiro atoms. The Hall–Kier alpha value is -3.29. The van der Waals surface area contributed by atoms with Crippen molar-refractivity contribution in [1.29, 1.82) is 0 Å². The molecular weight excluding hydrogens is 377 g/mol. The number of benzene rings is 2. The average Bonchev–Trinajstić information content (AvgIpc) is 3.01. The van der Waals surface area contributed by atoms with E-state index in [0.717, 1.165) is 18.2 Å². The van der Waals surface area contributed by atoms with Crippen LogP contribution in [0.5, 0.6) is 0 Å². The molecule has 0 saturated carbocycles. The van der Waals surface area contributed by atoms with Crippen LogP contribution in [0, 0.1) is 11.6 Å². The Morgan fingerprint density at radius 2 is 1.75 bits per heavy atom. The maximum absolute atomic E-state index is 14.1. The van der Waals surface area contributed by atoms with Crippen LogP contribution in [0.1, 0.15) is 11.1 Å². The third kappa shape index (κ3) is 3.21. The monoisotopic (exact) mass is 389 g/mol. The molecule has 0 atom stereocenters. The van der Waals surface area contributed by atoms with E-state index in [-0.39, 0.29) is 23.0 Å². The summed E-state index contributed by atoms with van der Waals surface area (Å²) < 4.78 is 68.9. The predicted molar refractivity (Wildman–Crippen MR) is 93.4 cm³/mol. The summed E-state index contributed by atoms with van der Waals surface area (Å²) in [6, 6.07) is 11.8. The van der Waals surface area contributed by atoms with Gasteiger partial charge in [-0.2, -0.15) is 18.3 Å². The molecule has 0 unspecified atom stereocenters. The zero-order valence-electron chi connectivity index (χ0n) is 14.2. The number of pyridine rings is 1. The first-order valence-corrected chi connectivity index (χ1v) is 8.26. The summed E-state index contributed by atoms with van der Waals surface area (Å²) in [5, 5.41) is 4.36. The summed E-state index contributed by atoms with van der Waals surface area (Å²) in [7, 11) is 0. The number of nitrogens with zero attached hydrogens (tertiary/aromatic N) is 3. The molecule has 142 valence electrons. The molecule has 0 amide bonds. The van der Waals surface area contributed by atoms with Crippen LogP contribution in [-0.2, 0) is 12.7 Å². The van der Waals surface area contributed by atoms with Gasteiger partial charge in [0, 0.05) is 23.2 Å². The molecule has 2 heterocycles. The van der Waals surface area contributed by atoms with E-state index in [0.29, 0.717) is 11.4 Å². The van der Waals surface area contributed by atoms with Crippen molar-refractivity contribution in [1.82, 2.24) is 14.8 Å². The van der Waals surface area contributed by atoms with E-state index in [1.807, 2.05) is 0 Å². The maximum Gasteiger partial charge on any atom is 0.418 e. The van der Waals surface area contributed by atoms with Gasteiger partial charge in [0.15, 0.2) is 0 Å². The van der Waals surface area contributed by atoms with Gasteiger partial charge >= 0.3 is 6.18 Å². The Balaban J connectivity index is 1.96. The lowest BCUT2D eigenvalue weighted by Gasteiger charge is -2.08. The zero-order chi connectivity index (χ0) is 19.9. The Labute approximate surface area is 156 Å². The standard InChI is InChI=1S/C20H12F5N3/c21-13-8-7-12(16(22)10-13)11-28-19(17-6-1-2-9-26-17)14-4-3-5-15(18(14)27-28)20(23,24)25/h1-10H,11H2. The molecule has 0 aliphatic heterocycles. The van der Waals surface area contributed by atoms with E-state index in [2.05, 4.69) is 10.1 Å². The molecule has 0 saturated heterocycles. The van der Waals surface area contributed by atoms with Crippen molar-refractivity contribution in [2.75, 3.05) is 0 Å². The van der Waals surface area contributed by atoms with Crippen molar-refractivity contribution in [2.45, 2.75) is 12.7 Å². The molecule has 0 fully saturated rings. The second kappa shape index (κ2) is 6.70. The average molecular weight is 389 g/mol. The fraction of sp³-hybridized carbons (Fsp3) is 0.100. The first-order valence-electron chi connectivity index (χ1n) is 8.26. The van der Waals surface area contributed by atoms with Crippen LogP contribution in [0.25, 0.3) is 22.3 Å². The minimum atomic E-state index is -4.60. The normalized spacial score (nSPS) is 11.9. The van der Waals surface area contributed by atoms with Gasteiger partial charge in [-0.05, 0) is 24.3 Å². The van der Waals surface area contributed by atoms with Gasteiger partial charge in [-0.25, -0.2) is 8.78 Å². The van der Waals surface area contributed by atoms with Gasteiger partial charge in [0.05, 0.1) is 23.5 Å². The van der Waals surface area contributed by atoms with E-state index < -0.39 is 23.4 Å². The zero-order valence-corrected chi connectivity index (χ0v) is 14.2. The summed E-state index contributed by atoms with van der Waals surface area (Å²) in [4.78, 5) is 4.21. The van der Waals surface area contributed by atoms with Crippen molar-refractivity contribution < 1.29 is 22.0 Å². The van der Waals surface area contributed by atoms with Gasteiger partial charge in [0.25, 0.3) is 0 Å². The molecule has 0 radical (unpaired) electrons. The van der Waals surface area contributed by atoms with E-state index in [1.54, 1.807) is 18.2 Å². The third-order valence-corrected chi connectivity index (χ3v) is 4.32. The van der Waals surface area contributed by atoms with E-state index in [1.165, 1.54) is 29.1 Å². The number of aromatic nitrogens is 3. The quantitative estimate of drug-likeness (QED) is 0.437. The number of hydrogen-bond acceptors (Lipinski definition) is 2. The summed E-state index contributed by atoms with van der Waals surface area (Å²) >= 11 is 0. The van der Waals surface area contributed by atoms with Crippen LogP contribution >= 0.6 is 0 Å². The second-order valence-corrected chi connectivity index (χ2v) is 6.16. The van der Waals surface area contributed by atoms with Crippen molar-refractivity contribution in [3.8, 4) is 11.4 Å². The van der Waals surface area contributed by atoms with Crippen molar-refractivity contribution in [3.63, 3.8) is 0 Å². The Morgan fingerprint density at radius 3 is 2.43 bits per heavy atom. The number of rotatable bonds is 3. The fourth-order valence-corrected chi connectivity index (χ4v) is 3.08. The first-order chi connectivity index (χ1) is 13.3. The molecule has 28 heavy (non-hydrogen) atoms. The largest absolute Gasteiger partial charge is 0.418 e. The van der Waals surface area contributed by atoms with Gasteiger partial charge < -0.3 is 0 Å². The van der Waals surface area contributed by atoms with Crippen molar-refractivity contribution in [2.24, 2.45) is 0 Å². The molecule has 3 nitrogen and oxygen atoms in total. The Bertz CT molecular complexity index is 1150. The summed E-state index contributed by atoms with van der Waals surface area (Å²) in [6.45, 7) is -0.177. The first kappa shape index (κ1) is 18.1. The van der Waals surface area contributed by atoms with Crippen LogP contribution in [0.2, 0.25) is 0 Å². The van der Waals surface area contributed by atoms with Gasteiger partial charge in [0.2, 0.25) is 0 Å². The predicted octanol–water partition coefficient (Wildman–Crippen LogP) is 5.44. The fourth-order valence-electron chi connectivity index (χ4n) is 3.08. The minimum absolute atomic E-state index is 0.0972. The molecule has 4 rings (SSSR count). The van der Waals surface area contributed by atoms with Crippen LogP contribution in [0.15, 0.2) is 60.8 Å². The topological polar surface area (TPSA) is 30.7 Å². The molecule has 0 N–H and O–H groups in total. The molecule has 2 aromatic carbocycles. The number of fused-ring (bicyclic) bond motifs is 1. The van der Waals surface area contributed by atoms with Crippen LogP contribution in [-0.4, -0.2) is 14.8 Å². The Kier molecular flexibility index (Phi) is 4.33. The number of alkyl halides is 3. The molecule has 0 aliphatic rings. The van der Waals surface area contributed by atoms with Gasteiger partial charge in [-0.3, -0.25) is 9.67 Å². The van der Waals surface area contributed by atoms with Gasteiger partial charge in [-0.1, -0.05) is 24.3 Å².